The van der Waals surface area contributed by atoms with Crippen molar-refractivity contribution >= 4 is 6.03 Å². The topological polar surface area (TPSA) is 62.8 Å². The number of methoxy groups -OCH3 is 2. The van der Waals surface area contributed by atoms with Crippen molar-refractivity contribution in [2.75, 3.05) is 27.3 Å². The minimum atomic E-state index is -0.201. The third-order valence-electron chi connectivity index (χ3n) is 4.75. The van der Waals surface area contributed by atoms with Crippen LogP contribution in [0.4, 0.5) is 4.79 Å². The van der Waals surface area contributed by atoms with E-state index in [1.807, 2.05) is 30.3 Å². The van der Waals surface area contributed by atoms with Gasteiger partial charge in [0.05, 0.1) is 14.2 Å². The van der Waals surface area contributed by atoms with Crippen LogP contribution in [0.2, 0.25) is 0 Å². The smallest absolute Gasteiger partial charge is 0.315 e. The first-order valence-corrected chi connectivity index (χ1v) is 9.62. The average molecular weight is 386 g/mol. The van der Waals surface area contributed by atoms with Gasteiger partial charge in [-0.1, -0.05) is 44.2 Å². The quantitative estimate of drug-likeness (QED) is 0.657. The Morgan fingerprint density at radius 1 is 0.893 bits per heavy atom. The van der Waals surface area contributed by atoms with Gasteiger partial charge in [-0.2, -0.15) is 0 Å². The van der Waals surface area contributed by atoms with E-state index in [4.69, 9.17) is 9.47 Å². The number of ether oxygens (including phenoxy) is 2. The molecule has 0 aliphatic rings. The molecule has 0 fully saturated rings. The summed E-state index contributed by atoms with van der Waals surface area (Å²) in [6.45, 7) is 8.12. The molecule has 0 heterocycles. The van der Waals surface area contributed by atoms with Crippen molar-refractivity contribution in [1.82, 2.24) is 15.5 Å². The van der Waals surface area contributed by atoms with Gasteiger partial charge < -0.3 is 20.1 Å². The van der Waals surface area contributed by atoms with Crippen LogP contribution in [0.3, 0.4) is 0 Å². The largest absolute Gasteiger partial charge is 0.493 e. The molecule has 2 amide bonds. The zero-order chi connectivity index (χ0) is 20.4. The molecule has 2 N–H and O–H groups in total. The summed E-state index contributed by atoms with van der Waals surface area (Å²) in [4.78, 5) is 14.6. The standard InChI is InChI=1S/C22H31N3O3/c1-5-25(6-2)16-19-10-8-7-9-18(19)15-24-22(26)23-14-17-11-12-20(27-3)21(13-17)28-4/h7-13H,5-6,14-16H2,1-4H3,(H2,23,24,26). The van der Waals surface area contributed by atoms with Crippen molar-refractivity contribution in [2.45, 2.75) is 33.5 Å². The van der Waals surface area contributed by atoms with Crippen LogP contribution < -0.4 is 20.1 Å². The second kappa shape index (κ2) is 11.2. The number of rotatable bonds is 10. The second-order valence-corrected chi connectivity index (χ2v) is 6.46. The number of amides is 2. The molecule has 0 atom stereocenters. The molecule has 0 aliphatic carbocycles. The highest BCUT2D eigenvalue weighted by atomic mass is 16.5. The summed E-state index contributed by atoms with van der Waals surface area (Å²) in [5, 5.41) is 5.83. The Balaban J connectivity index is 1.89. The highest BCUT2D eigenvalue weighted by molar-refractivity contribution is 5.73. The molecule has 6 heteroatoms. The van der Waals surface area contributed by atoms with E-state index < -0.39 is 0 Å². The number of carbonyl (C=O) groups excluding carboxylic acids is 1. The van der Waals surface area contributed by atoms with E-state index in [2.05, 4.69) is 41.5 Å². The fourth-order valence-corrected chi connectivity index (χ4v) is 2.98. The van der Waals surface area contributed by atoms with E-state index in [0.717, 1.165) is 30.8 Å². The Hall–Kier alpha value is -2.73. The lowest BCUT2D eigenvalue weighted by Gasteiger charge is -2.20. The van der Waals surface area contributed by atoms with Crippen LogP contribution in [0, 0.1) is 0 Å². The molecule has 0 aliphatic heterocycles. The maximum atomic E-state index is 12.2. The molecular weight excluding hydrogens is 354 g/mol. The molecule has 2 aromatic carbocycles. The fraction of sp³-hybridized carbons (Fsp3) is 0.409. The molecule has 0 bridgehead atoms. The molecule has 0 spiro atoms. The van der Waals surface area contributed by atoms with Gasteiger partial charge in [-0.05, 0) is 41.9 Å². The van der Waals surface area contributed by atoms with Gasteiger partial charge in [0.2, 0.25) is 0 Å². The minimum absolute atomic E-state index is 0.201. The van der Waals surface area contributed by atoms with Gasteiger partial charge in [0.25, 0.3) is 0 Å². The van der Waals surface area contributed by atoms with Crippen molar-refractivity contribution in [3.05, 3.63) is 59.2 Å². The highest BCUT2D eigenvalue weighted by Crippen LogP contribution is 2.27. The van der Waals surface area contributed by atoms with Gasteiger partial charge in [-0.3, -0.25) is 4.90 Å². The molecular formula is C22H31N3O3. The lowest BCUT2D eigenvalue weighted by atomic mass is 10.1. The number of nitrogens with zero attached hydrogens (tertiary/aromatic N) is 1. The van der Waals surface area contributed by atoms with Gasteiger partial charge in [0, 0.05) is 19.6 Å². The maximum Gasteiger partial charge on any atom is 0.315 e. The van der Waals surface area contributed by atoms with Crippen LogP contribution in [-0.4, -0.2) is 38.2 Å². The van der Waals surface area contributed by atoms with Crippen molar-refractivity contribution in [3.8, 4) is 11.5 Å². The van der Waals surface area contributed by atoms with Crippen LogP contribution >= 0.6 is 0 Å². The second-order valence-electron chi connectivity index (χ2n) is 6.46. The van der Waals surface area contributed by atoms with Gasteiger partial charge >= 0.3 is 6.03 Å². The van der Waals surface area contributed by atoms with Crippen LogP contribution in [0.25, 0.3) is 0 Å². The Labute approximate surface area is 167 Å². The van der Waals surface area contributed by atoms with Crippen LogP contribution in [-0.2, 0) is 19.6 Å². The van der Waals surface area contributed by atoms with Crippen molar-refractivity contribution < 1.29 is 14.3 Å². The normalized spacial score (nSPS) is 10.6. The summed E-state index contributed by atoms with van der Waals surface area (Å²) in [5.74, 6) is 1.31. The first kappa shape index (κ1) is 21.6. The molecule has 0 radical (unpaired) electrons. The van der Waals surface area contributed by atoms with E-state index in [0.29, 0.717) is 24.6 Å². The SMILES string of the molecule is CCN(CC)Cc1ccccc1CNC(=O)NCc1ccc(OC)c(OC)c1. The number of hydrogen-bond acceptors (Lipinski definition) is 4. The third kappa shape index (κ3) is 6.16. The lowest BCUT2D eigenvalue weighted by molar-refractivity contribution is 0.240. The maximum absolute atomic E-state index is 12.2. The monoisotopic (exact) mass is 385 g/mol. The Bertz CT molecular complexity index is 760. The summed E-state index contributed by atoms with van der Waals surface area (Å²) >= 11 is 0. The van der Waals surface area contributed by atoms with E-state index in [1.54, 1.807) is 14.2 Å². The van der Waals surface area contributed by atoms with Gasteiger partial charge in [0.1, 0.15) is 0 Å². The minimum Gasteiger partial charge on any atom is -0.493 e. The fourth-order valence-electron chi connectivity index (χ4n) is 2.98. The van der Waals surface area contributed by atoms with E-state index >= 15 is 0 Å². The van der Waals surface area contributed by atoms with Crippen LogP contribution in [0.1, 0.15) is 30.5 Å². The molecule has 0 saturated carbocycles. The number of nitrogens with one attached hydrogen (secondary N) is 2. The Morgan fingerprint density at radius 3 is 2.18 bits per heavy atom. The molecule has 0 aromatic heterocycles. The molecule has 0 unspecified atom stereocenters. The van der Waals surface area contributed by atoms with Gasteiger partial charge in [-0.15, -0.1) is 0 Å². The number of carbonyl (C=O) groups is 1. The zero-order valence-electron chi connectivity index (χ0n) is 17.2. The number of urea groups is 1. The van der Waals surface area contributed by atoms with Crippen LogP contribution in [0.15, 0.2) is 42.5 Å². The summed E-state index contributed by atoms with van der Waals surface area (Å²) in [6.07, 6.45) is 0. The lowest BCUT2D eigenvalue weighted by Crippen LogP contribution is -2.35. The summed E-state index contributed by atoms with van der Waals surface area (Å²) < 4.78 is 10.5. The predicted molar refractivity (Wildman–Crippen MR) is 112 cm³/mol. The van der Waals surface area contributed by atoms with E-state index in [1.165, 1.54) is 5.56 Å². The molecule has 0 saturated heterocycles. The number of hydrogen-bond donors (Lipinski definition) is 2. The van der Waals surface area contributed by atoms with E-state index in [-0.39, 0.29) is 6.03 Å². The Morgan fingerprint density at radius 2 is 1.54 bits per heavy atom. The molecule has 2 rings (SSSR count). The zero-order valence-corrected chi connectivity index (χ0v) is 17.2. The number of benzene rings is 2. The van der Waals surface area contributed by atoms with E-state index in [9.17, 15) is 4.79 Å². The summed E-state index contributed by atoms with van der Waals surface area (Å²) in [6, 6.07) is 13.6. The first-order valence-electron chi connectivity index (χ1n) is 9.62. The predicted octanol–water partition coefficient (Wildman–Crippen LogP) is 3.55. The first-order chi connectivity index (χ1) is 13.6. The molecule has 28 heavy (non-hydrogen) atoms. The van der Waals surface area contributed by atoms with Gasteiger partial charge in [0.15, 0.2) is 11.5 Å². The third-order valence-corrected chi connectivity index (χ3v) is 4.75. The molecule has 152 valence electrons. The summed E-state index contributed by atoms with van der Waals surface area (Å²) in [5.41, 5.74) is 3.32. The van der Waals surface area contributed by atoms with Crippen molar-refractivity contribution in [3.63, 3.8) is 0 Å². The molecule has 2 aromatic rings. The van der Waals surface area contributed by atoms with Crippen molar-refractivity contribution in [2.24, 2.45) is 0 Å². The average Bonchev–Trinajstić information content (AvgIpc) is 2.74. The van der Waals surface area contributed by atoms with Gasteiger partial charge in [-0.25, -0.2) is 4.79 Å². The van der Waals surface area contributed by atoms with Crippen LogP contribution in [0.5, 0.6) is 11.5 Å². The summed E-state index contributed by atoms with van der Waals surface area (Å²) in [7, 11) is 3.19. The molecule has 6 nitrogen and oxygen atoms in total. The Kier molecular flexibility index (Phi) is 8.62. The highest BCUT2D eigenvalue weighted by Gasteiger charge is 2.09. The van der Waals surface area contributed by atoms with Crippen molar-refractivity contribution in [1.29, 1.82) is 0 Å².